The van der Waals surface area contributed by atoms with Crippen molar-refractivity contribution in [3.05, 3.63) is 78.3 Å². The number of esters is 1. The number of allylic oxidation sites excluding steroid dienone is 2. The first-order valence-corrected chi connectivity index (χ1v) is 18.0. The van der Waals surface area contributed by atoms with Gasteiger partial charge in [-0.25, -0.2) is 14.2 Å². The van der Waals surface area contributed by atoms with Gasteiger partial charge in [0, 0.05) is 44.6 Å². The fourth-order valence-electron chi connectivity index (χ4n) is 6.32. The number of nitrogens with one attached hydrogen (secondary N) is 2. The molecule has 3 N–H and O–H groups in total. The molecule has 5 rings (SSSR count). The molecule has 54 heavy (non-hydrogen) atoms. The standard InChI is InChI=1S/C37H46FN9O7/c1-23(2)35-25(18-33(50)40-14-16-46-21-29(44-45-46)28-8-5-13-41-43-28)10-11-32(49)39-12-4-7-24(3)17-27(48)19-26(38)20-34-42-30(22-53-34)36(51)47-15-6-9-31(47)37(52)54-35/h4-5,7-8,10-11,13,17,21-23,25-27,31,35,48H,6,9,12,14-16,18-20H2,1-3H3,(H,39,49)(H,40,50)/b7-4?,11-10+,24-17?. The second-order valence-corrected chi connectivity index (χ2v) is 13.6. The zero-order valence-electron chi connectivity index (χ0n) is 30.5. The molecule has 1 fully saturated rings. The second-order valence-electron chi connectivity index (χ2n) is 13.6. The fourth-order valence-corrected chi connectivity index (χ4v) is 6.32. The number of hydrogen-bond donors (Lipinski definition) is 3. The number of halogens is 1. The molecule has 1 saturated heterocycles. The number of aliphatic hydroxyl groups is 1. The van der Waals surface area contributed by atoms with E-state index in [2.05, 4.69) is 36.1 Å². The Morgan fingerprint density at radius 1 is 1.17 bits per heavy atom. The third kappa shape index (κ3) is 11.2. The second kappa shape index (κ2) is 19.0. The highest BCUT2D eigenvalue weighted by molar-refractivity contribution is 5.95. The first-order valence-electron chi connectivity index (χ1n) is 18.0. The summed E-state index contributed by atoms with van der Waals surface area (Å²) in [5.41, 5.74) is 1.68. The highest BCUT2D eigenvalue weighted by Crippen LogP contribution is 2.27. The highest BCUT2D eigenvalue weighted by Gasteiger charge is 2.39. The van der Waals surface area contributed by atoms with Gasteiger partial charge in [0.15, 0.2) is 11.6 Å². The van der Waals surface area contributed by atoms with Gasteiger partial charge < -0.3 is 29.8 Å². The van der Waals surface area contributed by atoms with Gasteiger partial charge in [-0.3, -0.25) is 19.1 Å². The summed E-state index contributed by atoms with van der Waals surface area (Å²) in [6, 6.07) is 2.57. The van der Waals surface area contributed by atoms with Crippen LogP contribution in [0, 0.1) is 11.8 Å². The molecule has 0 saturated carbocycles. The minimum atomic E-state index is -1.50. The molecule has 3 aromatic rings. The number of carbonyl (C=O) groups is 4. The molecule has 2 bridgehead atoms. The van der Waals surface area contributed by atoms with E-state index in [1.165, 1.54) is 17.1 Å². The summed E-state index contributed by atoms with van der Waals surface area (Å²) in [7, 11) is 0. The monoisotopic (exact) mass is 747 g/mol. The number of alkyl halides is 1. The number of carbonyl (C=O) groups excluding carboxylic acids is 4. The number of amides is 3. The lowest BCUT2D eigenvalue weighted by Gasteiger charge is -2.30. The number of ether oxygens (including phenoxy) is 1. The van der Waals surface area contributed by atoms with Crippen LogP contribution in [0.4, 0.5) is 4.39 Å². The third-order valence-electron chi connectivity index (χ3n) is 8.96. The molecule has 5 atom stereocenters. The van der Waals surface area contributed by atoms with Crippen molar-refractivity contribution in [1.29, 1.82) is 0 Å². The van der Waals surface area contributed by atoms with Crippen molar-refractivity contribution >= 4 is 23.7 Å². The molecule has 0 aliphatic carbocycles. The van der Waals surface area contributed by atoms with Crippen LogP contribution >= 0.6 is 0 Å². The van der Waals surface area contributed by atoms with Crippen molar-refractivity contribution in [1.82, 2.24) is 45.7 Å². The van der Waals surface area contributed by atoms with Crippen molar-refractivity contribution in [2.75, 3.05) is 19.6 Å². The maximum atomic E-state index is 14.8. The molecule has 3 aromatic heterocycles. The van der Waals surface area contributed by atoms with E-state index >= 15 is 0 Å². The van der Waals surface area contributed by atoms with Crippen LogP contribution in [0.3, 0.4) is 0 Å². The molecule has 288 valence electrons. The predicted octanol–water partition coefficient (Wildman–Crippen LogP) is 2.54. The van der Waals surface area contributed by atoms with Crippen molar-refractivity contribution < 1.29 is 37.8 Å². The molecule has 2 aliphatic heterocycles. The smallest absolute Gasteiger partial charge is 0.329 e. The van der Waals surface area contributed by atoms with E-state index in [4.69, 9.17) is 9.15 Å². The van der Waals surface area contributed by atoms with Crippen molar-refractivity contribution in [3.63, 3.8) is 0 Å². The van der Waals surface area contributed by atoms with Gasteiger partial charge in [-0.1, -0.05) is 48.9 Å². The summed E-state index contributed by atoms with van der Waals surface area (Å²) < 4.78 is 27.9. The number of rotatable bonds is 7. The van der Waals surface area contributed by atoms with E-state index in [9.17, 15) is 28.7 Å². The van der Waals surface area contributed by atoms with E-state index in [0.717, 1.165) is 6.26 Å². The number of aromatic nitrogens is 6. The average molecular weight is 748 g/mol. The molecule has 17 heteroatoms. The molecular weight excluding hydrogens is 701 g/mol. The van der Waals surface area contributed by atoms with Crippen molar-refractivity contribution in [2.24, 2.45) is 11.8 Å². The van der Waals surface area contributed by atoms with Crippen LogP contribution in [-0.2, 0) is 32.1 Å². The Morgan fingerprint density at radius 3 is 2.78 bits per heavy atom. The van der Waals surface area contributed by atoms with E-state index in [-0.39, 0.29) is 62.3 Å². The van der Waals surface area contributed by atoms with Crippen LogP contribution in [0.15, 0.2) is 71.2 Å². The minimum absolute atomic E-state index is 0.00745. The Morgan fingerprint density at radius 2 is 2.00 bits per heavy atom. The zero-order valence-corrected chi connectivity index (χ0v) is 30.5. The predicted molar refractivity (Wildman–Crippen MR) is 192 cm³/mol. The van der Waals surface area contributed by atoms with Gasteiger partial charge in [0.25, 0.3) is 5.91 Å². The number of nitrogens with zero attached hydrogens (tertiary/aromatic N) is 7. The van der Waals surface area contributed by atoms with Gasteiger partial charge in [-0.05, 0) is 43.9 Å². The lowest BCUT2D eigenvalue weighted by molar-refractivity contribution is -0.159. The lowest BCUT2D eigenvalue weighted by Crippen LogP contribution is -2.44. The Hall–Kier alpha value is -5.58. The molecule has 0 spiro atoms. The zero-order chi connectivity index (χ0) is 38.6. The van der Waals surface area contributed by atoms with Crippen molar-refractivity contribution in [2.45, 2.75) is 83.8 Å². The van der Waals surface area contributed by atoms with Crippen molar-refractivity contribution in [3.8, 4) is 11.4 Å². The molecule has 16 nitrogen and oxygen atoms in total. The van der Waals surface area contributed by atoms with Crippen LogP contribution < -0.4 is 10.6 Å². The van der Waals surface area contributed by atoms with E-state index < -0.39 is 48.1 Å². The Bertz CT molecular complexity index is 1840. The van der Waals surface area contributed by atoms with Crippen LogP contribution in [0.1, 0.15) is 62.8 Å². The molecule has 0 radical (unpaired) electrons. The normalized spacial score (nSPS) is 24.0. The highest BCUT2D eigenvalue weighted by atomic mass is 19.1. The molecule has 0 aromatic carbocycles. The molecule has 5 heterocycles. The van der Waals surface area contributed by atoms with Gasteiger partial charge in [-0.15, -0.1) is 10.2 Å². The van der Waals surface area contributed by atoms with E-state index in [1.54, 1.807) is 54.4 Å². The van der Waals surface area contributed by atoms with Gasteiger partial charge in [0.1, 0.15) is 36.0 Å². The number of fused-ring (bicyclic) bond motifs is 3. The fraction of sp³-hybridized carbons (Fsp3) is 0.486. The Labute approximate surface area is 311 Å². The first kappa shape index (κ1) is 39.6. The van der Waals surface area contributed by atoms with E-state index in [0.29, 0.717) is 36.3 Å². The lowest BCUT2D eigenvalue weighted by atomic mass is 9.89. The number of cyclic esters (lactones) is 1. The van der Waals surface area contributed by atoms with Crippen LogP contribution in [0.25, 0.3) is 11.4 Å². The largest absolute Gasteiger partial charge is 0.460 e. The SMILES string of the molecule is CC1=CC(O)CC(F)Cc2nc(co2)C(=O)N2CCCC2C(=O)OC(C(C)C)C(CC(=O)NCCn2cc(-c3cccnn3)nn2)/C=C/C(=O)NCC=C1. The summed E-state index contributed by atoms with van der Waals surface area (Å²) in [6.45, 7) is 6.38. The van der Waals surface area contributed by atoms with Crippen LogP contribution in [0.5, 0.6) is 0 Å². The number of oxazole rings is 1. The van der Waals surface area contributed by atoms with Gasteiger partial charge >= 0.3 is 5.97 Å². The summed E-state index contributed by atoms with van der Waals surface area (Å²) >= 11 is 0. The molecular formula is C37H46FN9O7. The van der Waals surface area contributed by atoms with Crippen LogP contribution in [-0.4, -0.2) is 108 Å². The quantitative estimate of drug-likeness (QED) is 0.298. The molecule has 5 unspecified atom stereocenters. The van der Waals surface area contributed by atoms with Gasteiger partial charge in [0.05, 0.1) is 25.3 Å². The third-order valence-corrected chi connectivity index (χ3v) is 8.96. The summed E-state index contributed by atoms with van der Waals surface area (Å²) in [6.07, 6.45) is 8.96. The van der Waals surface area contributed by atoms with Gasteiger partial charge in [0.2, 0.25) is 11.8 Å². The topological polar surface area (TPSA) is 208 Å². The minimum Gasteiger partial charge on any atom is -0.460 e. The summed E-state index contributed by atoms with van der Waals surface area (Å²) in [5.74, 6) is -3.00. The van der Waals surface area contributed by atoms with Crippen LogP contribution in [0.2, 0.25) is 0 Å². The maximum absolute atomic E-state index is 14.8. The van der Waals surface area contributed by atoms with Gasteiger partial charge in [-0.2, -0.15) is 5.10 Å². The summed E-state index contributed by atoms with van der Waals surface area (Å²) in [5, 5.41) is 32.1. The Kier molecular flexibility index (Phi) is 13.9. The number of aliphatic hydroxyl groups excluding tert-OH is 1. The first-order chi connectivity index (χ1) is 26.0. The summed E-state index contributed by atoms with van der Waals surface area (Å²) in [4.78, 5) is 59.0. The average Bonchev–Trinajstić information content (AvgIpc) is 3.92. The Balaban J connectivity index is 1.32. The molecule has 3 amide bonds. The maximum Gasteiger partial charge on any atom is 0.329 e. The molecule has 2 aliphatic rings. The van der Waals surface area contributed by atoms with E-state index in [1.807, 2.05) is 13.8 Å². The number of hydrogen-bond acceptors (Lipinski definition) is 12.